The van der Waals surface area contributed by atoms with Gasteiger partial charge in [-0.2, -0.15) is 0 Å². The van der Waals surface area contributed by atoms with Crippen molar-refractivity contribution in [2.75, 3.05) is 39.8 Å². The second kappa shape index (κ2) is 8.36. The number of nitrogens with zero attached hydrogens (tertiary/aromatic N) is 1. The molecule has 128 valence electrons. The molecule has 2 rings (SSSR count). The predicted molar refractivity (Wildman–Crippen MR) is 95.8 cm³/mol. The number of hydrogen-bond acceptors (Lipinski definition) is 4. The van der Waals surface area contributed by atoms with E-state index in [0.29, 0.717) is 12.1 Å². The highest BCUT2D eigenvalue weighted by atomic mass is 16.5. The molecule has 0 aliphatic rings. The van der Waals surface area contributed by atoms with Crippen LogP contribution in [0.1, 0.15) is 22.0 Å². The summed E-state index contributed by atoms with van der Waals surface area (Å²) in [5.74, 6) is 0.615. The van der Waals surface area contributed by atoms with Gasteiger partial charge in [0.2, 0.25) is 0 Å². The average Bonchev–Trinajstić information content (AvgIpc) is 2.62. The molecule has 2 aromatic carbocycles. The van der Waals surface area contributed by atoms with Crippen molar-refractivity contribution in [1.82, 2.24) is 5.32 Å². The van der Waals surface area contributed by atoms with Gasteiger partial charge in [-0.1, -0.05) is 24.3 Å². The molecule has 0 heterocycles. The summed E-state index contributed by atoms with van der Waals surface area (Å²) in [6.45, 7) is 0.363. The summed E-state index contributed by atoms with van der Waals surface area (Å²) in [6, 6.07) is 15.1. The summed E-state index contributed by atoms with van der Waals surface area (Å²) < 4.78 is 10.9. The van der Waals surface area contributed by atoms with Crippen LogP contribution >= 0.6 is 0 Å². The molecular formula is C19H24N2O3. The molecule has 0 radical (unpaired) electrons. The molecule has 24 heavy (non-hydrogen) atoms. The van der Waals surface area contributed by atoms with Gasteiger partial charge in [0.25, 0.3) is 5.91 Å². The Morgan fingerprint density at radius 3 is 2.54 bits per heavy atom. The summed E-state index contributed by atoms with van der Waals surface area (Å²) in [5.41, 5.74) is 2.51. The maximum atomic E-state index is 12.4. The summed E-state index contributed by atoms with van der Waals surface area (Å²) in [5, 5.41) is 2.93. The van der Waals surface area contributed by atoms with Crippen LogP contribution in [0, 0.1) is 0 Å². The second-order valence-electron chi connectivity index (χ2n) is 5.62. The summed E-state index contributed by atoms with van der Waals surface area (Å²) in [4.78, 5) is 14.4. The van der Waals surface area contributed by atoms with Crippen LogP contribution in [0.25, 0.3) is 0 Å². The second-order valence-corrected chi connectivity index (χ2v) is 5.62. The van der Waals surface area contributed by atoms with E-state index in [0.717, 1.165) is 17.0 Å². The Kier molecular flexibility index (Phi) is 6.21. The number of carbonyl (C=O) groups excluding carboxylic acids is 1. The van der Waals surface area contributed by atoms with Gasteiger partial charge in [0.1, 0.15) is 11.9 Å². The molecule has 0 aliphatic carbocycles. The number of methoxy groups -OCH3 is 2. The van der Waals surface area contributed by atoms with E-state index in [4.69, 9.17) is 9.47 Å². The molecule has 1 amide bonds. The van der Waals surface area contributed by atoms with Crippen LogP contribution in [0.15, 0.2) is 48.5 Å². The third kappa shape index (κ3) is 4.26. The van der Waals surface area contributed by atoms with E-state index in [9.17, 15) is 4.79 Å². The standard InChI is InChI=1S/C19H24N2O3/c1-21(2)15-9-7-8-14(12-15)19(22)20-13-18(24-4)16-10-5-6-11-17(16)23-3/h5-12,18H,13H2,1-4H3,(H,20,22). The first-order valence-corrected chi connectivity index (χ1v) is 7.78. The van der Waals surface area contributed by atoms with Crippen molar-refractivity contribution in [3.05, 3.63) is 59.7 Å². The van der Waals surface area contributed by atoms with Gasteiger partial charge in [-0.3, -0.25) is 4.79 Å². The van der Waals surface area contributed by atoms with Crippen LogP contribution in [-0.2, 0) is 4.74 Å². The zero-order chi connectivity index (χ0) is 17.5. The quantitative estimate of drug-likeness (QED) is 0.849. The lowest BCUT2D eigenvalue weighted by Gasteiger charge is -2.19. The molecule has 1 atom stereocenters. The van der Waals surface area contributed by atoms with E-state index in [-0.39, 0.29) is 12.0 Å². The molecule has 2 aromatic rings. The third-order valence-corrected chi connectivity index (χ3v) is 3.84. The number of rotatable bonds is 7. The number of ether oxygens (including phenoxy) is 2. The van der Waals surface area contributed by atoms with Gasteiger partial charge in [-0.05, 0) is 24.3 Å². The zero-order valence-electron chi connectivity index (χ0n) is 14.6. The van der Waals surface area contributed by atoms with Gasteiger partial charge in [-0.25, -0.2) is 0 Å². The predicted octanol–water partition coefficient (Wildman–Crippen LogP) is 2.88. The molecule has 0 bridgehead atoms. The maximum absolute atomic E-state index is 12.4. The largest absolute Gasteiger partial charge is 0.496 e. The highest BCUT2D eigenvalue weighted by Gasteiger charge is 2.17. The molecule has 0 spiro atoms. The van der Waals surface area contributed by atoms with Gasteiger partial charge < -0.3 is 19.7 Å². The molecule has 1 N–H and O–H groups in total. The number of para-hydroxylation sites is 1. The van der Waals surface area contributed by atoms with Crippen molar-refractivity contribution in [3.8, 4) is 5.75 Å². The van der Waals surface area contributed by atoms with E-state index in [2.05, 4.69) is 5.32 Å². The van der Waals surface area contributed by atoms with Gasteiger partial charge >= 0.3 is 0 Å². The SMILES string of the molecule is COc1ccccc1C(CNC(=O)c1cccc(N(C)C)c1)OC. The number of benzene rings is 2. The minimum atomic E-state index is -0.276. The number of amides is 1. The Morgan fingerprint density at radius 1 is 1.12 bits per heavy atom. The number of hydrogen-bond donors (Lipinski definition) is 1. The molecule has 0 aliphatic heterocycles. The molecule has 0 aromatic heterocycles. The molecule has 0 saturated heterocycles. The fourth-order valence-corrected chi connectivity index (χ4v) is 2.47. The van der Waals surface area contributed by atoms with Crippen molar-refractivity contribution < 1.29 is 14.3 Å². The Bertz CT molecular complexity index is 686. The fraction of sp³-hybridized carbons (Fsp3) is 0.316. The summed E-state index contributed by atoms with van der Waals surface area (Å²) >= 11 is 0. The molecule has 0 fully saturated rings. The monoisotopic (exact) mass is 328 g/mol. The van der Waals surface area contributed by atoms with Gasteiger partial charge in [0.05, 0.1) is 7.11 Å². The van der Waals surface area contributed by atoms with Crippen LogP contribution in [0.2, 0.25) is 0 Å². The molecule has 5 nitrogen and oxygen atoms in total. The fourth-order valence-electron chi connectivity index (χ4n) is 2.47. The summed E-state index contributed by atoms with van der Waals surface area (Å²) in [6.07, 6.45) is -0.276. The van der Waals surface area contributed by atoms with E-state index < -0.39 is 0 Å². The van der Waals surface area contributed by atoms with Crippen LogP contribution in [-0.4, -0.2) is 40.8 Å². The molecular weight excluding hydrogens is 304 g/mol. The Hall–Kier alpha value is -2.53. The average molecular weight is 328 g/mol. The van der Waals surface area contributed by atoms with Crippen LogP contribution in [0.4, 0.5) is 5.69 Å². The van der Waals surface area contributed by atoms with E-state index in [1.807, 2.05) is 61.5 Å². The van der Waals surface area contributed by atoms with Crippen molar-refractivity contribution >= 4 is 11.6 Å². The van der Waals surface area contributed by atoms with Gasteiger partial charge in [-0.15, -0.1) is 0 Å². The van der Waals surface area contributed by atoms with E-state index in [1.165, 1.54) is 0 Å². The topological polar surface area (TPSA) is 50.8 Å². The van der Waals surface area contributed by atoms with Gasteiger partial charge in [0, 0.05) is 44.6 Å². The van der Waals surface area contributed by atoms with E-state index >= 15 is 0 Å². The third-order valence-electron chi connectivity index (χ3n) is 3.84. The first-order valence-electron chi connectivity index (χ1n) is 7.78. The molecule has 5 heteroatoms. The minimum Gasteiger partial charge on any atom is -0.496 e. The number of anilines is 1. The zero-order valence-corrected chi connectivity index (χ0v) is 14.6. The number of carbonyl (C=O) groups is 1. The highest BCUT2D eigenvalue weighted by Crippen LogP contribution is 2.26. The van der Waals surface area contributed by atoms with Crippen LogP contribution in [0.5, 0.6) is 5.75 Å². The lowest BCUT2D eigenvalue weighted by atomic mass is 10.1. The Morgan fingerprint density at radius 2 is 1.88 bits per heavy atom. The van der Waals surface area contributed by atoms with Crippen molar-refractivity contribution in [2.45, 2.75) is 6.10 Å². The lowest BCUT2D eigenvalue weighted by molar-refractivity contribution is 0.0819. The minimum absolute atomic E-state index is 0.129. The van der Waals surface area contributed by atoms with Gasteiger partial charge in [0.15, 0.2) is 0 Å². The highest BCUT2D eigenvalue weighted by molar-refractivity contribution is 5.95. The van der Waals surface area contributed by atoms with E-state index in [1.54, 1.807) is 20.3 Å². The van der Waals surface area contributed by atoms with Crippen molar-refractivity contribution in [1.29, 1.82) is 0 Å². The number of nitrogens with one attached hydrogen (secondary N) is 1. The maximum Gasteiger partial charge on any atom is 0.251 e. The normalized spacial score (nSPS) is 11.7. The smallest absolute Gasteiger partial charge is 0.251 e. The van der Waals surface area contributed by atoms with Crippen LogP contribution in [0.3, 0.4) is 0 Å². The Labute approximate surface area is 143 Å². The molecule has 0 saturated carbocycles. The van der Waals surface area contributed by atoms with Crippen molar-refractivity contribution in [2.24, 2.45) is 0 Å². The first-order chi connectivity index (χ1) is 11.6. The van der Waals surface area contributed by atoms with Crippen molar-refractivity contribution in [3.63, 3.8) is 0 Å². The first kappa shape index (κ1) is 17.8. The molecule has 1 unspecified atom stereocenters. The lowest BCUT2D eigenvalue weighted by Crippen LogP contribution is -2.29. The summed E-state index contributed by atoms with van der Waals surface area (Å²) in [7, 11) is 7.13. The van der Waals surface area contributed by atoms with Crippen LogP contribution < -0.4 is 15.0 Å². The Balaban J connectivity index is 2.08.